The molecule has 0 heterocycles. The number of carboxylic acids is 1. The fraction of sp³-hybridized carbons (Fsp3) is 0.826. The van der Waals surface area contributed by atoms with Crippen molar-refractivity contribution in [1.29, 1.82) is 0 Å². The van der Waals surface area contributed by atoms with Crippen molar-refractivity contribution in [2.24, 2.45) is 5.92 Å². The molecule has 1 atom stereocenters. The molecular weight excluding hydrogens is 340 g/mol. The van der Waals surface area contributed by atoms with Gasteiger partial charge in [-0.1, -0.05) is 77.4 Å². The molecule has 0 saturated heterocycles. The first-order valence-corrected chi connectivity index (χ1v) is 11.1. The van der Waals surface area contributed by atoms with Crippen molar-refractivity contribution in [3.8, 4) is 0 Å². The molecule has 0 amide bonds. The molecule has 0 aromatic heterocycles. The summed E-state index contributed by atoms with van der Waals surface area (Å²) in [7, 11) is 0. The van der Waals surface area contributed by atoms with E-state index >= 15 is 0 Å². The summed E-state index contributed by atoms with van der Waals surface area (Å²) in [6, 6.07) is 0. The summed E-state index contributed by atoms with van der Waals surface area (Å²) in [4.78, 5) is 22.8. The molecule has 0 fully saturated rings. The highest BCUT2D eigenvalue weighted by molar-refractivity contribution is 5.79. The van der Waals surface area contributed by atoms with E-state index in [-0.39, 0.29) is 12.4 Å². The molecule has 1 N–H and O–H groups in total. The maximum Gasteiger partial charge on any atom is 0.309 e. The summed E-state index contributed by atoms with van der Waals surface area (Å²) in [5.41, 5.74) is 0. The zero-order chi connectivity index (χ0) is 20.2. The molecule has 158 valence electrons. The quantitative estimate of drug-likeness (QED) is 0.154. The van der Waals surface area contributed by atoms with E-state index in [0.717, 1.165) is 38.5 Å². The molecule has 0 rings (SSSR count). The highest BCUT2D eigenvalue weighted by Gasteiger charge is 2.22. The Morgan fingerprint density at radius 3 is 1.93 bits per heavy atom. The summed E-state index contributed by atoms with van der Waals surface area (Å²) in [5, 5.41) is 8.96. The lowest BCUT2D eigenvalue weighted by Crippen LogP contribution is -2.21. The molecule has 0 aromatic carbocycles. The molecule has 0 aliphatic heterocycles. The minimum atomic E-state index is -0.927. The van der Waals surface area contributed by atoms with E-state index < -0.39 is 11.9 Å². The van der Waals surface area contributed by atoms with E-state index in [1.54, 1.807) is 0 Å². The van der Waals surface area contributed by atoms with Crippen LogP contribution >= 0.6 is 0 Å². The SMILES string of the molecule is CCCCCCCC/C=C/CCCCCCC(CC(=O)O)C(=O)OCCC. The lowest BCUT2D eigenvalue weighted by molar-refractivity contribution is -0.153. The molecule has 4 nitrogen and oxygen atoms in total. The molecule has 1 unspecified atom stereocenters. The van der Waals surface area contributed by atoms with Gasteiger partial charge in [0, 0.05) is 0 Å². The summed E-state index contributed by atoms with van der Waals surface area (Å²) < 4.78 is 5.11. The van der Waals surface area contributed by atoms with E-state index in [2.05, 4.69) is 19.1 Å². The summed E-state index contributed by atoms with van der Waals surface area (Å²) in [6.07, 6.45) is 20.5. The van der Waals surface area contributed by atoms with Crippen LogP contribution in [0.15, 0.2) is 12.2 Å². The molecule has 0 saturated carbocycles. The maximum absolute atomic E-state index is 11.9. The molecule has 0 aliphatic carbocycles. The van der Waals surface area contributed by atoms with E-state index in [1.165, 1.54) is 44.9 Å². The number of carboxylic acid groups (broad SMARTS) is 1. The van der Waals surface area contributed by atoms with Crippen LogP contribution in [0.4, 0.5) is 0 Å². The second-order valence-electron chi connectivity index (χ2n) is 7.48. The first-order valence-electron chi connectivity index (χ1n) is 11.1. The van der Waals surface area contributed by atoms with Gasteiger partial charge in [0.15, 0.2) is 0 Å². The zero-order valence-corrected chi connectivity index (χ0v) is 17.7. The molecular formula is C23H42O4. The van der Waals surface area contributed by atoms with E-state index in [9.17, 15) is 9.59 Å². The van der Waals surface area contributed by atoms with Gasteiger partial charge >= 0.3 is 11.9 Å². The van der Waals surface area contributed by atoms with Crippen molar-refractivity contribution in [3.63, 3.8) is 0 Å². The predicted octanol–water partition coefficient (Wildman–Crippen LogP) is 6.68. The van der Waals surface area contributed by atoms with Gasteiger partial charge in [0.2, 0.25) is 0 Å². The fourth-order valence-corrected chi connectivity index (χ4v) is 3.12. The van der Waals surface area contributed by atoms with Gasteiger partial charge in [0.1, 0.15) is 0 Å². The van der Waals surface area contributed by atoms with Crippen LogP contribution in [0.25, 0.3) is 0 Å². The van der Waals surface area contributed by atoms with E-state index in [0.29, 0.717) is 13.0 Å². The Hall–Kier alpha value is -1.32. The van der Waals surface area contributed by atoms with Crippen LogP contribution in [0.1, 0.15) is 110 Å². The van der Waals surface area contributed by atoms with Gasteiger partial charge in [-0.15, -0.1) is 0 Å². The maximum atomic E-state index is 11.9. The van der Waals surface area contributed by atoms with Crippen molar-refractivity contribution in [3.05, 3.63) is 12.2 Å². The predicted molar refractivity (Wildman–Crippen MR) is 112 cm³/mol. The van der Waals surface area contributed by atoms with E-state index in [4.69, 9.17) is 9.84 Å². The highest BCUT2D eigenvalue weighted by atomic mass is 16.5. The number of allylic oxidation sites excluding steroid dienone is 2. The highest BCUT2D eigenvalue weighted by Crippen LogP contribution is 2.17. The molecule has 0 spiro atoms. The molecule has 0 bridgehead atoms. The number of rotatable bonds is 19. The van der Waals surface area contributed by atoms with E-state index in [1.807, 2.05) is 6.92 Å². The third-order valence-corrected chi connectivity index (χ3v) is 4.77. The first-order chi connectivity index (χ1) is 13.1. The number of carbonyl (C=O) groups excluding carboxylic acids is 1. The van der Waals surface area contributed by atoms with Crippen molar-refractivity contribution < 1.29 is 19.4 Å². The Balaban J connectivity index is 3.64. The second-order valence-corrected chi connectivity index (χ2v) is 7.48. The Morgan fingerprint density at radius 2 is 1.37 bits per heavy atom. The van der Waals surface area contributed by atoms with Gasteiger partial charge in [-0.05, 0) is 38.5 Å². The molecule has 0 aliphatic rings. The number of ether oxygens (including phenoxy) is 1. The number of hydrogen-bond donors (Lipinski definition) is 1. The average molecular weight is 383 g/mol. The number of hydrogen-bond acceptors (Lipinski definition) is 3. The lowest BCUT2D eigenvalue weighted by atomic mass is 9.97. The van der Waals surface area contributed by atoms with Gasteiger partial charge < -0.3 is 9.84 Å². The lowest BCUT2D eigenvalue weighted by Gasteiger charge is -2.13. The average Bonchev–Trinajstić information content (AvgIpc) is 2.65. The fourth-order valence-electron chi connectivity index (χ4n) is 3.12. The third kappa shape index (κ3) is 17.8. The summed E-state index contributed by atoms with van der Waals surface area (Å²) >= 11 is 0. The third-order valence-electron chi connectivity index (χ3n) is 4.77. The minimum absolute atomic E-state index is 0.121. The Kier molecular flexibility index (Phi) is 18.5. The van der Waals surface area contributed by atoms with Crippen molar-refractivity contribution in [1.82, 2.24) is 0 Å². The first kappa shape index (κ1) is 25.7. The summed E-state index contributed by atoms with van der Waals surface area (Å²) in [5.74, 6) is -1.77. The number of unbranched alkanes of at least 4 members (excludes halogenated alkanes) is 10. The van der Waals surface area contributed by atoms with Crippen molar-refractivity contribution >= 4 is 11.9 Å². The zero-order valence-electron chi connectivity index (χ0n) is 17.7. The smallest absolute Gasteiger partial charge is 0.309 e. The molecule has 0 aromatic rings. The van der Waals surface area contributed by atoms with Gasteiger partial charge in [0.25, 0.3) is 0 Å². The molecule has 4 heteroatoms. The van der Waals surface area contributed by atoms with Crippen LogP contribution in [-0.2, 0) is 14.3 Å². The molecule has 0 radical (unpaired) electrons. The van der Waals surface area contributed by atoms with Crippen LogP contribution in [0.3, 0.4) is 0 Å². The second kappa shape index (κ2) is 19.4. The van der Waals surface area contributed by atoms with Gasteiger partial charge in [0.05, 0.1) is 18.9 Å². The normalized spacial score (nSPS) is 12.4. The number of esters is 1. The van der Waals surface area contributed by atoms with Gasteiger partial charge in [-0.3, -0.25) is 9.59 Å². The van der Waals surface area contributed by atoms with Crippen molar-refractivity contribution in [2.45, 2.75) is 110 Å². The number of carbonyl (C=O) groups is 2. The Morgan fingerprint density at radius 1 is 0.815 bits per heavy atom. The van der Waals surface area contributed by atoms with Gasteiger partial charge in [-0.2, -0.15) is 0 Å². The van der Waals surface area contributed by atoms with Crippen LogP contribution in [-0.4, -0.2) is 23.7 Å². The Labute approximate surface area is 166 Å². The van der Waals surface area contributed by atoms with Crippen LogP contribution in [0.5, 0.6) is 0 Å². The summed E-state index contributed by atoms with van der Waals surface area (Å²) in [6.45, 7) is 4.56. The molecule has 27 heavy (non-hydrogen) atoms. The largest absolute Gasteiger partial charge is 0.481 e. The Bertz CT molecular complexity index is 390. The number of aliphatic carboxylic acids is 1. The monoisotopic (exact) mass is 382 g/mol. The standard InChI is InChI=1S/C23H42O4/c1-3-5-6-7-8-9-10-11-12-13-14-15-16-17-18-21(20-22(24)25)23(26)27-19-4-2/h11-12,21H,3-10,13-20H2,1-2H3,(H,24,25)/b12-11+. The van der Waals surface area contributed by atoms with Crippen LogP contribution in [0.2, 0.25) is 0 Å². The topological polar surface area (TPSA) is 63.6 Å². The van der Waals surface area contributed by atoms with Gasteiger partial charge in [-0.25, -0.2) is 0 Å². The van der Waals surface area contributed by atoms with Crippen molar-refractivity contribution in [2.75, 3.05) is 6.61 Å². The minimum Gasteiger partial charge on any atom is -0.481 e. The van der Waals surface area contributed by atoms with Crippen LogP contribution in [0, 0.1) is 5.92 Å². The van der Waals surface area contributed by atoms with Crippen LogP contribution < -0.4 is 0 Å².